The van der Waals surface area contributed by atoms with Gasteiger partial charge in [0.25, 0.3) is 5.91 Å². The van der Waals surface area contributed by atoms with Crippen LogP contribution in [0.1, 0.15) is 11.1 Å². The predicted octanol–water partition coefficient (Wildman–Crippen LogP) is 2.39. The summed E-state index contributed by atoms with van der Waals surface area (Å²) in [4.78, 5) is 11.6. The van der Waals surface area contributed by atoms with Crippen LogP contribution >= 0.6 is 0 Å². The molecule has 0 spiro atoms. The fraction of sp³-hybridized carbons (Fsp3) is 0.125. The molecule has 0 aliphatic carbocycles. The van der Waals surface area contributed by atoms with E-state index in [2.05, 4.69) is 5.32 Å². The van der Waals surface area contributed by atoms with Crippen molar-refractivity contribution in [2.75, 3.05) is 6.61 Å². The van der Waals surface area contributed by atoms with Gasteiger partial charge in [0.2, 0.25) is 0 Å². The standard InChI is InChI=1S/C16H13FN2O2/c17-15-8-14(7-6-13(15)9-18)21-11-16(20)19-10-12-4-2-1-3-5-12/h1-8H,10-11H2,(H,19,20). The van der Waals surface area contributed by atoms with Gasteiger partial charge in [-0.25, -0.2) is 4.39 Å². The number of nitrogens with zero attached hydrogens (tertiary/aromatic N) is 1. The van der Waals surface area contributed by atoms with Crippen molar-refractivity contribution in [1.82, 2.24) is 5.32 Å². The fourth-order valence-electron chi connectivity index (χ4n) is 1.67. The molecule has 0 saturated carbocycles. The van der Waals surface area contributed by atoms with E-state index in [4.69, 9.17) is 10.00 Å². The van der Waals surface area contributed by atoms with Gasteiger partial charge in [-0.15, -0.1) is 0 Å². The second kappa shape index (κ2) is 7.06. The Morgan fingerprint density at radius 1 is 1.24 bits per heavy atom. The minimum absolute atomic E-state index is 0.0594. The highest BCUT2D eigenvalue weighted by Crippen LogP contribution is 2.15. The number of halogens is 1. The molecule has 0 heterocycles. The summed E-state index contributed by atoms with van der Waals surface area (Å²) in [5.74, 6) is -0.760. The molecule has 0 atom stereocenters. The lowest BCUT2D eigenvalue weighted by Gasteiger charge is -2.08. The quantitative estimate of drug-likeness (QED) is 0.917. The third kappa shape index (κ3) is 4.32. The zero-order chi connectivity index (χ0) is 15.1. The van der Waals surface area contributed by atoms with Gasteiger partial charge in [-0.3, -0.25) is 4.79 Å². The maximum atomic E-state index is 13.3. The van der Waals surface area contributed by atoms with E-state index in [1.165, 1.54) is 12.1 Å². The molecule has 0 bridgehead atoms. The van der Waals surface area contributed by atoms with Crippen LogP contribution < -0.4 is 10.1 Å². The van der Waals surface area contributed by atoms with E-state index in [-0.39, 0.29) is 23.8 Å². The third-order valence-electron chi connectivity index (χ3n) is 2.76. The van der Waals surface area contributed by atoms with E-state index in [0.717, 1.165) is 11.6 Å². The molecule has 1 N–H and O–H groups in total. The van der Waals surface area contributed by atoms with Crippen LogP contribution in [-0.4, -0.2) is 12.5 Å². The van der Waals surface area contributed by atoms with Crippen LogP contribution in [-0.2, 0) is 11.3 Å². The SMILES string of the molecule is N#Cc1ccc(OCC(=O)NCc2ccccc2)cc1F. The number of rotatable bonds is 5. The van der Waals surface area contributed by atoms with Crippen LogP contribution in [0.4, 0.5) is 4.39 Å². The van der Waals surface area contributed by atoms with Crippen molar-refractivity contribution in [1.29, 1.82) is 5.26 Å². The average Bonchev–Trinajstić information content (AvgIpc) is 2.52. The summed E-state index contributed by atoms with van der Waals surface area (Å²) in [6.07, 6.45) is 0. The maximum Gasteiger partial charge on any atom is 0.258 e. The van der Waals surface area contributed by atoms with E-state index in [1.807, 2.05) is 30.3 Å². The van der Waals surface area contributed by atoms with Crippen LogP contribution in [0.15, 0.2) is 48.5 Å². The molecule has 0 aromatic heterocycles. The first-order valence-corrected chi connectivity index (χ1v) is 6.32. The van der Waals surface area contributed by atoms with Crippen LogP contribution in [0.3, 0.4) is 0 Å². The van der Waals surface area contributed by atoms with E-state index in [0.29, 0.717) is 6.54 Å². The zero-order valence-corrected chi connectivity index (χ0v) is 11.2. The Morgan fingerprint density at radius 3 is 2.67 bits per heavy atom. The van der Waals surface area contributed by atoms with Crippen LogP contribution in [0.2, 0.25) is 0 Å². The Labute approximate surface area is 121 Å². The van der Waals surface area contributed by atoms with Gasteiger partial charge in [0, 0.05) is 12.6 Å². The number of hydrogen-bond donors (Lipinski definition) is 1. The van der Waals surface area contributed by atoms with Crippen LogP contribution in [0, 0.1) is 17.1 Å². The molecule has 1 amide bonds. The molecule has 0 aliphatic rings. The normalized spacial score (nSPS) is 9.71. The molecule has 0 fully saturated rings. The fourth-order valence-corrected chi connectivity index (χ4v) is 1.67. The molecule has 0 unspecified atom stereocenters. The first-order valence-electron chi connectivity index (χ1n) is 6.32. The van der Waals surface area contributed by atoms with Gasteiger partial charge >= 0.3 is 0 Å². The molecule has 0 aliphatic heterocycles. The Balaban J connectivity index is 1.81. The van der Waals surface area contributed by atoms with E-state index >= 15 is 0 Å². The van der Waals surface area contributed by atoms with Gasteiger partial charge in [-0.1, -0.05) is 30.3 Å². The average molecular weight is 284 g/mol. The largest absolute Gasteiger partial charge is 0.484 e. The molecule has 21 heavy (non-hydrogen) atoms. The van der Waals surface area contributed by atoms with Crippen molar-refractivity contribution in [3.8, 4) is 11.8 Å². The Hall–Kier alpha value is -2.87. The van der Waals surface area contributed by atoms with Crippen molar-refractivity contribution in [2.45, 2.75) is 6.54 Å². The number of nitrogens with one attached hydrogen (secondary N) is 1. The first-order chi connectivity index (χ1) is 10.2. The number of carbonyl (C=O) groups is 1. The smallest absolute Gasteiger partial charge is 0.258 e. The molecule has 2 aromatic carbocycles. The summed E-state index contributed by atoms with van der Waals surface area (Å²) >= 11 is 0. The van der Waals surface area contributed by atoms with Gasteiger partial charge in [0.1, 0.15) is 17.6 Å². The number of nitriles is 1. The molecule has 2 aromatic rings. The van der Waals surface area contributed by atoms with Gasteiger partial charge in [0.15, 0.2) is 6.61 Å². The lowest BCUT2D eigenvalue weighted by atomic mass is 10.2. The number of ether oxygens (including phenoxy) is 1. The summed E-state index contributed by atoms with van der Waals surface area (Å²) < 4.78 is 18.5. The second-order valence-corrected chi connectivity index (χ2v) is 4.30. The Kier molecular flexibility index (Phi) is 4.89. The zero-order valence-electron chi connectivity index (χ0n) is 11.2. The summed E-state index contributed by atoms with van der Waals surface area (Å²) in [5, 5.41) is 11.3. The monoisotopic (exact) mass is 284 g/mol. The third-order valence-corrected chi connectivity index (χ3v) is 2.76. The van der Waals surface area contributed by atoms with E-state index in [1.54, 1.807) is 6.07 Å². The predicted molar refractivity (Wildman–Crippen MR) is 74.9 cm³/mol. The lowest BCUT2D eigenvalue weighted by molar-refractivity contribution is -0.123. The van der Waals surface area contributed by atoms with Gasteiger partial charge in [0.05, 0.1) is 5.56 Å². The number of amides is 1. The lowest BCUT2D eigenvalue weighted by Crippen LogP contribution is -2.28. The first kappa shape index (κ1) is 14.5. The second-order valence-electron chi connectivity index (χ2n) is 4.30. The molecule has 0 radical (unpaired) electrons. The summed E-state index contributed by atoms with van der Waals surface area (Å²) in [6.45, 7) is 0.197. The Morgan fingerprint density at radius 2 is 2.00 bits per heavy atom. The molecule has 106 valence electrons. The van der Waals surface area contributed by atoms with Gasteiger partial charge in [-0.2, -0.15) is 5.26 Å². The number of hydrogen-bond acceptors (Lipinski definition) is 3. The Bertz CT molecular complexity index is 666. The highest BCUT2D eigenvalue weighted by atomic mass is 19.1. The minimum Gasteiger partial charge on any atom is -0.484 e. The minimum atomic E-state index is -0.667. The highest BCUT2D eigenvalue weighted by Gasteiger charge is 2.06. The summed E-state index contributed by atoms with van der Waals surface area (Å²) in [5.41, 5.74) is 0.922. The maximum absolute atomic E-state index is 13.3. The topological polar surface area (TPSA) is 62.1 Å². The molecule has 2 rings (SSSR count). The van der Waals surface area contributed by atoms with Crippen LogP contribution in [0.25, 0.3) is 0 Å². The summed E-state index contributed by atoms with van der Waals surface area (Å²) in [6, 6.07) is 15.0. The van der Waals surface area contributed by atoms with Crippen molar-refractivity contribution < 1.29 is 13.9 Å². The van der Waals surface area contributed by atoms with Crippen molar-refractivity contribution in [3.05, 3.63) is 65.5 Å². The van der Waals surface area contributed by atoms with Crippen LogP contribution in [0.5, 0.6) is 5.75 Å². The van der Waals surface area contributed by atoms with Gasteiger partial charge < -0.3 is 10.1 Å². The van der Waals surface area contributed by atoms with E-state index in [9.17, 15) is 9.18 Å². The molecular weight excluding hydrogens is 271 g/mol. The van der Waals surface area contributed by atoms with Gasteiger partial charge in [-0.05, 0) is 17.7 Å². The van der Waals surface area contributed by atoms with Crippen molar-refractivity contribution in [2.24, 2.45) is 0 Å². The van der Waals surface area contributed by atoms with Crippen molar-refractivity contribution >= 4 is 5.91 Å². The highest BCUT2D eigenvalue weighted by molar-refractivity contribution is 5.77. The molecule has 0 saturated heterocycles. The number of benzene rings is 2. The number of carbonyl (C=O) groups excluding carboxylic acids is 1. The molecular formula is C16H13FN2O2. The molecule has 5 heteroatoms. The summed E-state index contributed by atoms with van der Waals surface area (Å²) in [7, 11) is 0. The van der Waals surface area contributed by atoms with Crippen molar-refractivity contribution in [3.63, 3.8) is 0 Å². The van der Waals surface area contributed by atoms with E-state index < -0.39 is 5.82 Å². The molecule has 4 nitrogen and oxygen atoms in total.